The van der Waals surface area contributed by atoms with E-state index in [-0.39, 0.29) is 24.1 Å². The summed E-state index contributed by atoms with van der Waals surface area (Å²) in [4.78, 5) is 0. The molecule has 3 heterocycles. The van der Waals surface area contributed by atoms with Crippen LogP contribution in [-0.2, 0) is 17.6 Å². The standard InChI is InChI=1S/C16H21NO4/c1-8-5-10-13(12-7-17-3-4-19-12)15-11(6-9(2)20-15)14(18)16(10)21-8/h8-9,12,17-18H,3-7H2,1-2H3. The predicted molar refractivity (Wildman–Crippen MR) is 77.3 cm³/mol. The largest absolute Gasteiger partial charge is 0.504 e. The van der Waals surface area contributed by atoms with Crippen LogP contribution in [0.3, 0.4) is 0 Å². The molecule has 0 radical (unpaired) electrons. The fourth-order valence-corrected chi connectivity index (χ4v) is 3.62. The number of morpholine rings is 1. The third-order valence-corrected chi connectivity index (χ3v) is 4.49. The summed E-state index contributed by atoms with van der Waals surface area (Å²) in [6.07, 6.45) is 1.66. The predicted octanol–water partition coefficient (Wildman–Crippen LogP) is 1.70. The molecule has 3 aliphatic heterocycles. The highest BCUT2D eigenvalue weighted by Gasteiger charge is 2.38. The Labute approximate surface area is 124 Å². The lowest BCUT2D eigenvalue weighted by molar-refractivity contribution is 0.0252. The van der Waals surface area contributed by atoms with Crippen molar-refractivity contribution in [2.45, 2.75) is 45.0 Å². The Morgan fingerprint density at radius 2 is 1.76 bits per heavy atom. The van der Waals surface area contributed by atoms with Crippen LogP contribution in [0.2, 0.25) is 0 Å². The molecule has 1 aromatic carbocycles. The van der Waals surface area contributed by atoms with Gasteiger partial charge in [-0.2, -0.15) is 0 Å². The van der Waals surface area contributed by atoms with Crippen molar-refractivity contribution in [2.24, 2.45) is 0 Å². The van der Waals surface area contributed by atoms with Crippen LogP contribution in [0.4, 0.5) is 0 Å². The molecular formula is C16H21NO4. The van der Waals surface area contributed by atoms with E-state index in [0.717, 1.165) is 48.4 Å². The number of hydrogen-bond acceptors (Lipinski definition) is 5. The van der Waals surface area contributed by atoms with E-state index in [4.69, 9.17) is 14.2 Å². The van der Waals surface area contributed by atoms with Crippen molar-refractivity contribution in [3.63, 3.8) is 0 Å². The number of nitrogens with one attached hydrogen (secondary N) is 1. The lowest BCUT2D eigenvalue weighted by Gasteiger charge is -2.27. The highest BCUT2D eigenvalue weighted by atomic mass is 16.5. The van der Waals surface area contributed by atoms with Crippen molar-refractivity contribution in [1.29, 1.82) is 0 Å². The van der Waals surface area contributed by atoms with Gasteiger partial charge in [0.15, 0.2) is 11.5 Å². The van der Waals surface area contributed by atoms with Crippen molar-refractivity contribution in [3.8, 4) is 17.2 Å². The molecule has 5 heteroatoms. The molecule has 2 N–H and O–H groups in total. The van der Waals surface area contributed by atoms with Gasteiger partial charge in [0.1, 0.15) is 18.0 Å². The molecular weight excluding hydrogens is 270 g/mol. The van der Waals surface area contributed by atoms with Gasteiger partial charge in [-0.1, -0.05) is 0 Å². The minimum atomic E-state index is -0.0268. The van der Waals surface area contributed by atoms with Gasteiger partial charge >= 0.3 is 0 Å². The molecule has 0 amide bonds. The van der Waals surface area contributed by atoms with Crippen LogP contribution in [0.15, 0.2) is 0 Å². The molecule has 114 valence electrons. The van der Waals surface area contributed by atoms with E-state index >= 15 is 0 Å². The zero-order valence-corrected chi connectivity index (χ0v) is 12.4. The zero-order valence-electron chi connectivity index (χ0n) is 12.4. The first-order valence-corrected chi connectivity index (χ1v) is 7.71. The molecule has 0 spiro atoms. The minimum absolute atomic E-state index is 0.0268. The Kier molecular flexibility index (Phi) is 3.01. The fraction of sp³-hybridized carbons (Fsp3) is 0.625. The van der Waals surface area contributed by atoms with Crippen molar-refractivity contribution >= 4 is 0 Å². The van der Waals surface area contributed by atoms with Crippen LogP contribution in [0.25, 0.3) is 0 Å². The Morgan fingerprint density at radius 1 is 1.05 bits per heavy atom. The van der Waals surface area contributed by atoms with E-state index < -0.39 is 0 Å². The molecule has 5 nitrogen and oxygen atoms in total. The van der Waals surface area contributed by atoms with Crippen molar-refractivity contribution < 1.29 is 19.3 Å². The van der Waals surface area contributed by atoms with Crippen LogP contribution < -0.4 is 14.8 Å². The number of phenolic OH excluding ortho intramolecular Hbond substituents is 1. The van der Waals surface area contributed by atoms with Crippen LogP contribution in [0.1, 0.15) is 36.6 Å². The summed E-state index contributed by atoms with van der Waals surface area (Å²) in [7, 11) is 0. The van der Waals surface area contributed by atoms with Gasteiger partial charge in [0.25, 0.3) is 0 Å². The minimum Gasteiger partial charge on any atom is -0.504 e. The molecule has 0 aliphatic carbocycles. The highest BCUT2D eigenvalue weighted by Crippen LogP contribution is 2.52. The van der Waals surface area contributed by atoms with Crippen LogP contribution in [0.5, 0.6) is 17.2 Å². The molecule has 4 rings (SSSR count). The number of benzene rings is 1. The summed E-state index contributed by atoms with van der Waals surface area (Å²) in [5, 5.41) is 13.9. The highest BCUT2D eigenvalue weighted by molar-refractivity contribution is 5.66. The average molecular weight is 291 g/mol. The van der Waals surface area contributed by atoms with Crippen LogP contribution >= 0.6 is 0 Å². The smallest absolute Gasteiger partial charge is 0.165 e. The summed E-state index contributed by atoms with van der Waals surface area (Å²) in [6, 6.07) is 0. The zero-order chi connectivity index (χ0) is 14.6. The summed E-state index contributed by atoms with van der Waals surface area (Å²) in [5.74, 6) is 1.73. The van der Waals surface area contributed by atoms with E-state index in [9.17, 15) is 5.11 Å². The molecule has 1 fully saturated rings. The second-order valence-corrected chi connectivity index (χ2v) is 6.21. The number of aromatic hydroxyl groups is 1. The van der Waals surface area contributed by atoms with Crippen LogP contribution in [-0.4, -0.2) is 37.0 Å². The third-order valence-electron chi connectivity index (χ3n) is 4.49. The topological polar surface area (TPSA) is 60.0 Å². The number of fused-ring (bicyclic) bond motifs is 2. The van der Waals surface area contributed by atoms with E-state index in [1.165, 1.54) is 0 Å². The maximum Gasteiger partial charge on any atom is 0.165 e. The van der Waals surface area contributed by atoms with E-state index in [1.54, 1.807) is 0 Å². The van der Waals surface area contributed by atoms with Crippen molar-refractivity contribution in [1.82, 2.24) is 5.32 Å². The fourth-order valence-electron chi connectivity index (χ4n) is 3.62. The molecule has 0 saturated carbocycles. The summed E-state index contributed by atoms with van der Waals surface area (Å²) in [5.41, 5.74) is 3.01. The summed E-state index contributed by atoms with van der Waals surface area (Å²) < 4.78 is 17.8. The quantitative estimate of drug-likeness (QED) is 0.825. The average Bonchev–Trinajstić information content (AvgIpc) is 3.03. The first kappa shape index (κ1) is 13.2. The van der Waals surface area contributed by atoms with Crippen molar-refractivity contribution in [2.75, 3.05) is 19.7 Å². The second kappa shape index (κ2) is 4.78. The lowest BCUT2D eigenvalue weighted by Crippen LogP contribution is -2.34. The van der Waals surface area contributed by atoms with Gasteiger partial charge in [-0.3, -0.25) is 0 Å². The summed E-state index contributed by atoms with van der Waals surface area (Å²) >= 11 is 0. The Bertz CT molecular complexity index is 541. The molecule has 0 bridgehead atoms. The summed E-state index contributed by atoms with van der Waals surface area (Å²) in [6.45, 7) is 6.40. The Hall–Kier alpha value is -1.46. The SMILES string of the molecule is CC1Cc2c(c(O)c3c(c2C2CNCCO2)OC(C)C3)O1. The maximum atomic E-state index is 10.5. The lowest BCUT2D eigenvalue weighted by atomic mass is 9.93. The second-order valence-electron chi connectivity index (χ2n) is 6.21. The van der Waals surface area contributed by atoms with Crippen molar-refractivity contribution in [3.05, 3.63) is 16.7 Å². The first-order valence-electron chi connectivity index (χ1n) is 7.71. The van der Waals surface area contributed by atoms with E-state index in [1.807, 2.05) is 13.8 Å². The normalized spacial score (nSPS) is 30.5. The molecule has 1 aromatic rings. The van der Waals surface area contributed by atoms with E-state index in [0.29, 0.717) is 12.4 Å². The van der Waals surface area contributed by atoms with Gasteiger partial charge in [0.05, 0.1) is 12.7 Å². The van der Waals surface area contributed by atoms with Gasteiger partial charge in [-0.15, -0.1) is 0 Å². The molecule has 3 unspecified atom stereocenters. The van der Waals surface area contributed by atoms with Gasteiger partial charge < -0.3 is 24.6 Å². The number of phenols is 1. The maximum absolute atomic E-state index is 10.5. The molecule has 1 saturated heterocycles. The van der Waals surface area contributed by atoms with Crippen LogP contribution in [0, 0.1) is 0 Å². The van der Waals surface area contributed by atoms with Gasteiger partial charge in [0.2, 0.25) is 0 Å². The number of rotatable bonds is 1. The third kappa shape index (κ3) is 1.99. The van der Waals surface area contributed by atoms with E-state index in [2.05, 4.69) is 5.32 Å². The monoisotopic (exact) mass is 291 g/mol. The molecule has 21 heavy (non-hydrogen) atoms. The Balaban J connectivity index is 1.88. The Morgan fingerprint density at radius 3 is 2.48 bits per heavy atom. The first-order chi connectivity index (χ1) is 10.1. The molecule has 0 aromatic heterocycles. The molecule has 3 atom stereocenters. The molecule has 3 aliphatic rings. The number of ether oxygens (including phenoxy) is 3. The number of hydrogen-bond donors (Lipinski definition) is 2. The van der Waals surface area contributed by atoms with Gasteiger partial charge in [-0.05, 0) is 13.8 Å². The van der Waals surface area contributed by atoms with Gasteiger partial charge in [0, 0.05) is 42.6 Å². The van der Waals surface area contributed by atoms with Gasteiger partial charge in [-0.25, -0.2) is 0 Å².